The second-order valence-electron chi connectivity index (χ2n) is 11.7. The van der Waals surface area contributed by atoms with Gasteiger partial charge in [-0.05, 0) is 45.1 Å². The van der Waals surface area contributed by atoms with Gasteiger partial charge in [-0.3, -0.25) is 19.4 Å². The van der Waals surface area contributed by atoms with Crippen molar-refractivity contribution in [1.29, 1.82) is 0 Å². The number of benzene rings is 1. The fourth-order valence-corrected chi connectivity index (χ4v) is 5.49. The molecule has 1 aliphatic rings. The smallest absolute Gasteiger partial charge is 0.407 e. The number of aliphatic imine (C=N–C) groups is 1. The number of ether oxygens (including phenoxy) is 3. The highest BCUT2D eigenvalue weighted by Crippen LogP contribution is 2.26. The van der Waals surface area contributed by atoms with Crippen molar-refractivity contribution in [3.63, 3.8) is 0 Å². The van der Waals surface area contributed by atoms with Gasteiger partial charge in [0.1, 0.15) is 16.7 Å². The molecule has 5 unspecified atom stereocenters. The Balaban J connectivity index is 2.17. The zero-order valence-corrected chi connectivity index (χ0v) is 26.2. The Kier molecular flexibility index (Phi) is 13.1. The zero-order valence-electron chi connectivity index (χ0n) is 25.4. The topological polar surface area (TPSA) is 132 Å². The summed E-state index contributed by atoms with van der Waals surface area (Å²) >= 11 is 1.36. The maximum absolute atomic E-state index is 13.3. The maximum Gasteiger partial charge on any atom is 0.407 e. The Bertz CT molecular complexity index is 1070. The number of amides is 2. The summed E-state index contributed by atoms with van der Waals surface area (Å²) < 4.78 is 15.9. The molecule has 0 fully saturated rings. The molecule has 0 radical (unpaired) electrons. The molecule has 0 bridgehead atoms. The van der Waals surface area contributed by atoms with Gasteiger partial charge >= 0.3 is 18.0 Å². The molecule has 1 aromatic carbocycles. The van der Waals surface area contributed by atoms with Crippen molar-refractivity contribution >= 4 is 40.7 Å². The summed E-state index contributed by atoms with van der Waals surface area (Å²) in [5, 5.41) is 6.49. The van der Waals surface area contributed by atoms with Crippen LogP contribution >= 0.6 is 11.8 Å². The molecule has 0 aromatic heterocycles. The second-order valence-corrected chi connectivity index (χ2v) is 12.7. The maximum atomic E-state index is 13.3. The number of nitrogens with zero attached hydrogens (tertiary/aromatic N) is 1. The van der Waals surface area contributed by atoms with Crippen LogP contribution < -0.4 is 10.6 Å². The Morgan fingerprint density at radius 1 is 1.05 bits per heavy atom. The Morgan fingerprint density at radius 2 is 1.71 bits per heavy atom. The van der Waals surface area contributed by atoms with E-state index in [0.717, 1.165) is 5.56 Å². The van der Waals surface area contributed by atoms with E-state index < -0.39 is 35.7 Å². The van der Waals surface area contributed by atoms with Gasteiger partial charge in [-0.15, -0.1) is 11.8 Å². The van der Waals surface area contributed by atoms with Crippen LogP contribution in [0.5, 0.6) is 0 Å². The monoisotopic (exact) mass is 591 g/mol. The van der Waals surface area contributed by atoms with Crippen LogP contribution in [0, 0.1) is 11.8 Å². The fourth-order valence-electron chi connectivity index (χ4n) is 4.40. The molecular formula is C30H45N3O7S. The summed E-state index contributed by atoms with van der Waals surface area (Å²) in [5.41, 5.74) is 0.381. The Labute approximate surface area is 247 Å². The van der Waals surface area contributed by atoms with Crippen molar-refractivity contribution in [1.82, 2.24) is 10.6 Å². The van der Waals surface area contributed by atoms with E-state index in [1.807, 2.05) is 44.2 Å². The van der Waals surface area contributed by atoms with E-state index in [1.54, 1.807) is 27.7 Å². The molecule has 2 rings (SSSR count). The number of hydrogen-bond donors (Lipinski definition) is 2. The molecule has 41 heavy (non-hydrogen) atoms. The van der Waals surface area contributed by atoms with E-state index in [-0.39, 0.29) is 36.3 Å². The number of nitrogens with one attached hydrogen (secondary N) is 2. The lowest BCUT2D eigenvalue weighted by Gasteiger charge is -2.28. The molecule has 1 heterocycles. The van der Waals surface area contributed by atoms with Crippen LogP contribution in [0.3, 0.4) is 0 Å². The minimum absolute atomic E-state index is 0.0159. The third-order valence-corrected chi connectivity index (χ3v) is 7.59. The quantitative estimate of drug-likeness (QED) is 0.256. The molecular weight excluding hydrogens is 546 g/mol. The van der Waals surface area contributed by atoms with E-state index in [9.17, 15) is 19.2 Å². The van der Waals surface area contributed by atoms with E-state index in [2.05, 4.69) is 15.6 Å². The van der Waals surface area contributed by atoms with Gasteiger partial charge in [0.15, 0.2) is 6.10 Å². The van der Waals surface area contributed by atoms with Crippen molar-refractivity contribution < 1.29 is 33.4 Å². The van der Waals surface area contributed by atoms with Crippen LogP contribution in [-0.2, 0) is 35.0 Å². The summed E-state index contributed by atoms with van der Waals surface area (Å²) in [4.78, 5) is 54.5. The summed E-state index contributed by atoms with van der Waals surface area (Å²) in [6.45, 7) is 12.4. The predicted octanol–water partition coefficient (Wildman–Crippen LogP) is 4.30. The first-order valence-corrected chi connectivity index (χ1v) is 15.0. The number of hydrogen-bond acceptors (Lipinski definition) is 9. The molecule has 10 nitrogen and oxygen atoms in total. The zero-order chi connectivity index (χ0) is 30.7. The number of thioether (sulfide) groups is 1. The summed E-state index contributed by atoms with van der Waals surface area (Å²) in [6, 6.07) is 8.38. The number of methoxy groups -OCH3 is 1. The third-order valence-electron chi connectivity index (χ3n) is 6.45. The van der Waals surface area contributed by atoms with Crippen molar-refractivity contribution in [2.75, 3.05) is 12.9 Å². The number of esters is 2. The van der Waals surface area contributed by atoms with E-state index >= 15 is 0 Å². The van der Waals surface area contributed by atoms with Crippen LogP contribution in [0.25, 0.3) is 0 Å². The van der Waals surface area contributed by atoms with Crippen LogP contribution in [0.2, 0.25) is 0 Å². The van der Waals surface area contributed by atoms with Gasteiger partial charge in [-0.1, -0.05) is 51.1 Å². The van der Waals surface area contributed by atoms with Gasteiger partial charge < -0.3 is 24.8 Å². The highest BCUT2D eigenvalue weighted by Gasteiger charge is 2.35. The molecule has 11 heteroatoms. The van der Waals surface area contributed by atoms with Gasteiger partial charge in [0.25, 0.3) is 0 Å². The van der Waals surface area contributed by atoms with Crippen molar-refractivity contribution in [3.8, 4) is 0 Å². The number of carbonyl (C=O) groups excluding carboxylic acids is 4. The van der Waals surface area contributed by atoms with Gasteiger partial charge in [0.05, 0.1) is 13.0 Å². The largest absolute Gasteiger partial charge is 0.469 e. The van der Waals surface area contributed by atoms with Crippen molar-refractivity contribution in [2.24, 2.45) is 16.8 Å². The molecule has 2 amide bonds. The Hall–Kier alpha value is -3.08. The molecule has 5 atom stereocenters. The van der Waals surface area contributed by atoms with E-state index in [4.69, 9.17) is 14.2 Å². The number of carbonyl (C=O) groups is 4. The lowest BCUT2D eigenvalue weighted by atomic mass is 9.96. The first kappa shape index (κ1) is 34.1. The van der Waals surface area contributed by atoms with E-state index in [0.29, 0.717) is 23.6 Å². The molecule has 2 N–H and O–H groups in total. The standard InChI is InChI=1S/C30H45N3O7S/c1-18(2)23(33-29(37)40-30(5,6)7)16-25(39-20(4)34)27-32-24(17-41-27)26(35)31-22(14-19(3)28(36)38-8)15-21-12-10-9-11-13-21/h9-13,18-19,22-25H,14-17H2,1-8H3,(H,31,35)(H,33,37). The first-order chi connectivity index (χ1) is 19.2. The van der Waals surface area contributed by atoms with Gasteiger partial charge in [-0.25, -0.2) is 4.79 Å². The third kappa shape index (κ3) is 12.1. The van der Waals surface area contributed by atoms with E-state index in [1.165, 1.54) is 25.8 Å². The minimum Gasteiger partial charge on any atom is -0.469 e. The lowest BCUT2D eigenvalue weighted by Crippen LogP contribution is -2.45. The van der Waals surface area contributed by atoms with Gasteiger partial charge in [-0.2, -0.15) is 0 Å². The minimum atomic E-state index is -0.725. The van der Waals surface area contributed by atoms with Crippen LogP contribution in [0.1, 0.15) is 66.9 Å². The Morgan fingerprint density at radius 3 is 2.27 bits per heavy atom. The molecule has 1 aromatic rings. The van der Waals surface area contributed by atoms with Crippen molar-refractivity contribution in [3.05, 3.63) is 35.9 Å². The summed E-state index contributed by atoms with van der Waals surface area (Å²) in [6.07, 6.45) is -0.0398. The fraction of sp³-hybridized carbons (Fsp3) is 0.633. The van der Waals surface area contributed by atoms with Gasteiger partial charge in [0.2, 0.25) is 5.91 Å². The second kappa shape index (κ2) is 15.8. The first-order valence-electron chi connectivity index (χ1n) is 14.0. The molecule has 0 spiro atoms. The number of rotatable bonds is 13. The van der Waals surface area contributed by atoms with Crippen LogP contribution in [-0.4, -0.2) is 71.7 Å². The normalized spacial score (nSPS) is 18.0. The lowest BCUT2D eigenvalue weighted by molar-refractivity contribution is -0.145. The van der Waals surface area contributed by atoms with Crippen LogP contribution in [0.4, 0.5) is 4.79 Å². The van der Waals surface area contributed by atoms with Gasteiger partial charge in [0, 0.05) is 31.2 Å². The molecule has 0 saturated heterocycles. The number of alkyl carbamates (subject to hydrolysis) is 1. The molecule has 1 aliphatic heterocycles. The highest BCUT2D eigenvalue weighted by molar-refractivity contribution is 8.14. The SMILES string of the molecule is COC(=O)C(C)CC(Cc1ccccc1)NC(=O)C1CSC(C(CC(NC(=O)OC(C)(C)C)C(C)C)OC(C)=O)=N1. The van der Waals surface area contributed by atoms with Crippen molar-refractivity contribution in [2.45, 2.75) is 97.6 Å². The predicted molar refractivity (Wildman–Crippen MR) is 160 cm³/mol. The molecule has 0 aliphatic carbocycles. The summed E-state index contributed by atoms with van der Waals surface area (Å²) in [7, 11) is 1.35. The average molecular weight is 592 g/mol. The summed E-state index contributed by atoms with van der Waals surface area (Å²) in [5.74, 6) is -1.08. The highest BCUT2D eigenvalue weighted by atomic mass is 32.2. The molecule has 0 saturated carbocycles. The van der Waals surface area contributed by atoms with Crippen LogP contribution in [0.15, 0.2) is 35.3 Å². The molecule has 228 valence electrons. The average Bonchev–Trinajstić information content (AvgIpc) is 3.37.